The van der Waals surface area contributed by atoms with E-state index in [1.807, 2.05) is 54.7 Å². The van der Waals surface area contributed by atoms with Crippen LogP contribution in [0.15, 0.2) is 73.1 Å². The number of carbonyl (C=O) groups is 2. The Morgan fingerprint density at radius 1 is 1.06 bits per heavy atom. The van der Waals surface area contributed by atoms with Crippen LogP contribution in [0, 0.1) is 0 Å². The lowest BCUT2D eigenvalue weighted by atomic mass is 9.93. The molecule has 1 saturated heterocycles. The monoisotopic (exact) mass is 429 g/mol. The van der Waals surface area contributed by atoms with E-state index in [-0.39, 0.29) is 11.8 Å². The van der Waals surface area contributed by atoms with Crippen LogP contribution in [0.1, 0.15) is 21.5 Å². The molecule has 0 aliphatic carbocycles. The van der Waals surface area contributed by atoms with Crippen molar-refractivity contribution in [2.45, 2.75) is 19.1 Å². The summed E-state index contributed by atoms with van der Waals surface area (Å²) < 4.78 is 5.15. The third kappa shape index (κ3) is 4.55. The van der Waals surface area contributed by atoms with Gasteiger partial charge in [0.1, 0.15) is 6.04 Å². The SMILES string of the molecule is COCc1ccc(C(=O)N2CCN(C)C(=O)[C@H]2Cc2ccccc2-c2cccnc2)cc1. The second kappa shape index (κ2) is 9.75. The molecule has 0 radical (unpaired) electrons. The van der Waals surface area contributed by atoms with E-state index in [9.17, 15) is 9.59 Å². The van der Waals surface area contributed by atoms with E-state index >= 15 is 0 Å². The molecular formula is C26H27N3O3. The van der Waals surface area contributed by atoms with Crippen molar-refractivity contribution in [3.05, 3.63) is 89.7 Å². The maximum Gasteiger partial charge on any atom is 0.254 e. The van der Waals surface area contributed by atoms with Crippen LogP contribution in [0.5, 0.6) is 0 Å². The molecule has 1 aromatic heterocycles. The number of likely N-dealkylation sites (N-methyl/N-ethyl adjacent to an activating group) is 1. The van der Waals surface area contributed by atoms with Gasteiger partial charge in [-0.2, -0.15) is 0 Å². The zero-order valence-electron chi connectivity index (χ0n) is 18.4. The minimum absolute atomic E-state index is 0.0402. The second-order valence-electron chi connectivity index (χ2n) is 8.01. The Kier molecular flexibility index (Phi) is 6.61. The van der Waals surface area contributed by atoms with Crippen molar-refractivity contribution in [2.24, 2.45) is 0 Å². The molecule has 0 spiro atoms. The molecule has 4 rings (SSSR count). The largest absolute Gasteiger partial charge is 0.380 e. The molecule has 1 aliphatic rings. The molecule has 32 heavy (non-hydrogen) atoms. The standard InChI is InChI=1S/C26H27N3O3/c1-28-14-15-29(25(30)20-11-9-19(10-12-20)18-32-2)24(26(28)31)16-21-6-3-4-8-23(21)22-7-5-13-27-17-22/h3-13,17,24H,14-16,18H2,1-2H3/t24-/m1/s1. The molecule has 6 nitrogen and oxygen atoms in total. The maximum atomic E-state index is 13.4. The number of amides is 2. The summed E-state index contributed by atoms with van der Waals surface area (Å²) in [4.78, 5) is 34.2. The molecule has 2 heterocycles. The van der Waals surface area contributed by atoms with Crippen molar-refractivity contribution in [1.82, 2.24) is 14.8 Å². The van der Waals surface area contributed by atoms with E-state index in [0.29, 0.717) is 31.7 Å². The molecule has 1 fully saturated rings. The summed E-state index contributed by atoms with van der Waals surface area (Å²) in [6, 6.07) is 18.7. The number of hydrogen-bond acceptors (Lipinski definition) is 4. The average Bonchev–Trinajstić information content (AvgIpc) is 2.83. The number of hydrogen-bond donors (Lipinski definition) is 0. The fourth-order valence-electron chi connectivity index (χ4n) is 4.14. The highest BCUT2D eigenvalue weighted by Gasteiger charge is 2.36. The summed E-state index contributed by atoms with van der Waals surface area (Å²) >= 11 is 0. The van der Waals surface area contributed by atoms with Crippen LogP contribution in [0.4, 0.5) is 0 Å². The number of aromatic nitrogens is 1. The molecule has 164 valence electrons. The second-order valence-corrected chi connectivity index (χ2v) is 8.01. The van der Waals surface area contributed by atoms with Gasteiger partial charge in [0.2, 0.25) is 5.91 Å². The number of carbonyl (C=O) groups excluding carboxylic acids is 2. The molecule has 2 aromatic carbocycles. The molecular weight excluding hydrogens is 402 g/mol. The molecule has 1 aliphatic heterocycles. The topological polar surface area (TPSA) is 62.7 Å². The van der Waals surface area contributed by atoms with E-state index < -0.39 is 6.04 Å². The van der Waals surface area contributed by atoms with Crippen LogP contribution in [0.25, 0.3) is 11.1 Å². The highest BCUT2D eigenvalue weighted by atomic mass is 16.5. The third-order valence-electron chi connectivity index (χ3n) is 5.89. The zero-order chi connectivity index (χ0) is 22.5. The molecule has 0 N–H and O–H groups in total. The van der Waals surface area contributed by atoms with Gasteiger partial charge in [0.15, 0.2) is 0 Å². The molecule has 0 bridgehead atoms. The predicted octanol–water partition coefficient (Wildman–Crippen LogP) is 3.42. The van der Waals surface area contributed by atoms with Crippen LogP contribution in [-0.4, -0.2) is 59.9 Å². The number of rotatable bonds is 6. The predicted molar refractivity (Wildman–Crippen MR) is 123 cm³/mol. The van der Waals surface area contributed by atoms with Gasteiger partial charge >= 0.3 is 0 Å². The third-order valence-corrected chi connectivity index (χ3v) is 5.89. The van der Waals surface area contributed by atoms with Crippen molar-refractivity contribution in [1.29, 1.82) is 0 Å². The molecule has 3 aromatic rings. The van der Waals surface area contributed by atoms with E-state index in [1.165, 1.54) is 0 Å². The molecule has 0 unspecified atom stereocenters. The molecule has 6 heteroatoms. The van der Waals surface area contributed by atoms with Crippen molar-refractivity contribution < 1.29 is 14.3 Å². The van der Waals surface area contributed by atoms with Gasteiger partial charge in [0.05, 0.1) is 6.61 Å². The van der Waals surface area contributed by atoms with Gasteiger partial charge in [-0.1, -0.05) is 42.5 Å². The number of ether oxygens (including phenoxy) is 1. The highest BCUT2D eigenvalue weighted by Crippen LogP contribution is 2.27. The van der Waals surface area contributed by atoms with Gasteiger partial charge in [-0.15, -0.1) is 0 Å². The van der Waals surface area contributed by atoms with E-state index in [0.717, 1.165) is 22.3 Å². The summed E-state index contributed by atoms with van der Waals surface area (Å²) in [5.41, 5.74) is 4.61. The van der Waals surface area contributed by atoms with E-state index in [2.05, 4.69) is 4.98 Å². The highest BCUT2D eigenvalue weighted by molar-refractivity contribution is 5.98. The van der Waals surface area contributed by atoms with Crippen LogP contribution in [0.3, 0.4) is 0 Å². The summed E-state index contributed by atoms with van der Waals surface area (Å²) in [6.45, 7) is 1.52. The Morgan fingerprint density at radius 2 is 1.84 bits per heavy atom. The average molecular weight is 430 g/mol. The smallest absolute Gasteiger partial charge is 0.254 e. The molecule has 0 saturated carbocycles. The molecule has 2 amide bonds. The van der Waals surface area contributed by atoms with Crippen LogP contribution >= 0.6 is 0 Å². The van der Waals surface area contributed by atoms with Gasteiger partial charge in [-0.3, -0.25) is 14.6 Å². The summed E-state index contributed by atoms with van der Waals surface area (Å²) in [5.74, 6) is -0.166. The van der Waals surface area contributed by atoms with Crippen molar-refractivity contribution in [3.8, 4) is 11.1 Å². The first-order valence-electron chi connectivity index (χ1n) is 10.7. The fraction of sp³-hybridized carbons (Fsp3) is 0.269. The van der Waals surface area contributed by atoms with Crippen LogP contribution < -0.4 is 0 Å². The number of methoxy groups -OCH3 is 1. The summed E-state index contributed by atoms with van der Waals surface area (Å²) in [7, 11) is 3.44. The van der Waals surface area contributed by atoms with Crippen LogP contribution in [-0.2, 0) is 22.6 Å². The number of piperazine rings is 1. The van der Waals surface area contributed by atoms with Crippen molar-refractivity contribution in [3.63, 3.8) is 0 Å². The first-order valence-corrected chi connectivity index (χ1v) is 10.7. The van der Waals surface area contributed by atoms with Gasteiger partial charge < -0.3 is 14.5 Å². The van der Waals surface area contributed by atoms with Gasteiger partial charge in [-0.05, 0) is 34.9 Å². The Labute approximate surface area is 188 Å². The van der Waals surface area contributed by atoms with E-state index in [4.69, 9.17) is 4.74 Å². The summed E-state index contributed by atoms with van der Waals surface area (Å²) in [5, 5.41) is 0. The minimum Gasteiger partial charge on any atom is -0.380 e. The quantitative estimate of drug-likeness (QED) is 0.602. The molecule has 1 atom stereocenters. The zero-order valence-corrected chi connectivity index (χ0v) is 18.4. The lowest BCUT2D eigenvalue weighted by Gasteiger charge is -2.39. The first-order chi connectivity index (χ1) is 15.6. The minimum atomic E-state index is -0.558. The van der Waals surface area contributed by atoms with E-state index in [1.54, 1.807) is 42.3 Å². The number of pyridine rings is 1. The van der Waals surface area contributed by atoms with Crippen molar-refractivity contribution >= 4 is 11.8 Å². The fourth-order valence-corrected chi connectivity index (χ4v) is 4.14. The Morgan fingerprint density at radius 3 is 2.56 bits per heavy atom. The van der Waals surface area contributed by atoms with Crippen LogP contribution in [0.2, 0.25) is 0 Å². The maximum absolute atomic E-state index is 13.4. The Hall–Kier alpha value is -3.51. The lowest BCUT2D eigenvalue weighted by Crippen LogP contribution is -2.58. The first kappa shape index (κ1) is 21.7. The summed E-state index contributed by atoms with van der Waals surface area (Å²) in [6.07, 6.45) is 4.00. The normalized spacial score (nSPS) is 16.3. The Bertz CT molecular complexity index is 1080. The van der Waals surface area contributed by atoms with Gasteiger partial charge in [0.25, 0.3) is 5.91 Å². The van der Waals surface area contributed by atoms with Gasteiger partial charge in [0, 0.05) is 57.2 Å². The van der Waals surface area contributed by atoms with Gasteiger partial charge in [-0.25, -0.2) is 0 Å². The Balaban J connectivity index is 1.63. The lowest BCUT2D eigenvalue weighted by molar-refractivity contribution is -0.138. The number of benzene rings is 2. The number of nitrogens with zero attached hydrogens (tertiary/aromatic N) is 3. The van der Waals surface area contributed by atoms with Crippen molar-refractivity contribution in [2.75, 3.05) is 27.2 Å².